The van der Waals surface area contributed by atoms with Crippen molar-refractivity contribution in [3.8, 4) is 11.6 Å². The number of ether oxygens (including phenoxy) is 1. The van der Waals surface area contributed by atoms with Gasteiger partial charge in [0.05, 0.1) is 5.56 Å². The summed E-state index contributed by atoms with van der Waals surface area (Å²) in [5.41, 5.74) is 6.59. The molecule has 1 aromatic carbocycles. The van der Waals surface area contributed by atoms with Gasteiger partial charge in [-0.15, -0.1) is 0 Å². The predicted molar refractivity (Wildman–Crippen MR) is 76.7 cm³/mol. The molecule has 0 spiro atoms. The van der Waals surface area contributed by atoms with Crippen LogP contribution in [0, 0.1) is 0 Å². The molecule has 0 saturated carbocycles. The number of primary amides is 1. The van der Waals surface area contributed by atoms with Gasteiger partial charge < -0.3 is 15.8 Å². The molecule has 1 unspecified atom stereocenters. The third kappa shape index (κ3) is 2.95. The highest BCUT2D eigenvalue weighted by molar-refractivity contribution is 5.95. The molecule has 104 valence electrons. The lowest BCUT2D eigenvalue weighted by atomic mass is 10.1. The Bertz CT molecular complexity index is 614. The van der Waals surface area contributed by atoms with Crippen molar-refractivity contribution >= 4 is 5.91 Å². The van der Waals surface area contributed by atoms with Gasteiger partial charge in [-0.05, 0) is 32.2 Å². The summed E-state index contributed by atoms with van der Waals surface area (Å²) in [7, 11) is 1.86. The molecular weight excluding hydrogens is 254 g/mol. The zero-order valence-electron chi connectivity index (χ0n) is 11.5. The van der Waals surface area contributed by atoms with Gasteiger partial charge in [0.25, 0.3) is 5.91 Å². The number of carbonyl (C=O) groups excluding carboxylic acids is 1. The predicted octanol–water partition coefficient (Wildman–Crippen LogP) is 2.25. The second kappa shape index (κ2) is 6.16. The minimum absolute atomic E-state index is 0.0828. The van der Waals surface area contributed by atoms with E-state index in [0.29, 0.717) is 17.2 Å². The smallest absolute Gasteiger partial charge is 0.252 e. The maximum absolute atomic E-state index is 11.4. The maximum atomic E-state index is 11.4. The number of aromatic nitrogens is 1. The Kier molecular flexibility index (Phi) is 4.32. The van der Waals surface area contributed by atoms with Crippen molar-refractivity contribution in [2.45, 2.75) is 13.0 Å². The molecule has 20 heavy (non-hydrogen) atoms. The Morgan fingerprint density at radius 2 is 2.05 bits per heavy atom. The molecule has 0 bridgehead atoms. The lowest BCUT2D eigenvalue weighted by Gasteiger charge is -2.15. The molecule has 0 aliphatic heterocycles. The first-order chi connectivity index (χ1) is 9.63. The van der Waals surface area contributed by atoms with E-state index in [1.807, 2.05) is 26.1 Å². The van der Waals surface area contributed by atoms with Crippen LogP contribution < -0.4 is 15.8 Å². The van der Waals surface area contributed by atoms with Crippen LogP contribution in [0.25, 0.3) is 0 Å². The third-order valence-electron chi connectivity index (χ3n) is 3.06. The number of para-hydroxylation sites is 1. The molecule has 5 heteroatoms. The van der Waals surface area contributed by atoms with Gasteiger partial charge >= 0.3 is 0 Å². The minimum atomic E-state index is -0.528. The molecule has 3 N–H and O–H groups in total. The van der Waals surface area contributed by atoms with Crippen molar-refractivity contribution in [2.75, 3.05) is 7.05 Å². The van der Waals surface area contributed by atoms with Gasteiger partial charge in [0.15, 0.2) is 0 Å². The standard InChI is InChI=1S/C15H17N3O2/c1-10(17-2)11-7-5-9-18-15(11)20-13-8-4-3-6-12(13)14(16)19/h3-10,17H,1-2H3,(H2,16,19). The van der Waals surface area contributed by atoms with E-state index in [1.165, 1.54) is 0 Å². The van der Waals surface area contributed by atoms with Gasteiger partial charge in [-0.3, -0.25) is 4.79 Å². The van der Waals surface area contributed by atoms with Crippen LogP contribution in [0.15, 0.2) is 42.6 Å². The summed E-state index contributed by atoms with van der Waals surface area (Å²) < 4.78 is 5.77. The summed E-state index contributed by atoms with van der Waals surface area (Å²) in [6.07, 6.45) is 1.65. The Hall–Kier alpha value is -2.40. The van der Waals surface area contributed by atoms with E-state index in [4.69, 9.17) is 10.5 Å². The molecule has 1 amide bonds. The molecule has 0 radical (unpaired) electrons. The van der Waals surface area contributed by atoms with E-state index in [9.17, 15) is 4.79 Å². The average molecular weight is 271 g/mol. The maximum Gasteiger partial charge on any atom is 0.252 e. The number of pyridine rings is 1. The summed E-state index contributed by atoms with van der Waals surface area (Å²) in [6, 6.07) is 10.7. The van der Waals surface area contributed by atoms with Gasteiger partial charge in [-0.25, -0.2) is 4.98 Å². The molecule has 1 heterocycles. The first-order valence-electron chi connectivity index (χ1n) is 6.32. The number of hydrogen-bond donors (Lipinski definition) is 2. The van der Waals surface area contributed by atoms with Crippen molar-refractivity contribution < 1.29 is 9.53 Å². The van der Waals surface area contributed by atoms with Gasteiger partial charge in [0.2, 0.25) is 5.88 Å². The van der Waals surface area contributed by atoms with Gasteiger partial charge in [0, 0.05) is 17.8 Å². The van der Waals surface area contributed by atoms with Crippen LogP contribution in [0.4, 0.5) is 0 Å². The number of nitrogens with zero attached hydrogens (tertiary/aromatic N) is 1. The number of rotatable bonds is 5. The number of hydrogen-bond acceptors (Lipinski definition) is 4. The molecule has 0 aliphatic carbocycles. The second-order valence-corrected chi connectivity index (χ2v) is 4.37. The van der Waals surface area contributed by atoms with Crippen molar-refractivity contribution in [3.05, 3.63) is 53.7 Å². The Balaban J connectivity index is 2.38. The Morgan fingerprint density at radius 3 is 2.75 bits per heavy atom. The third-order valence-corrected chi connectivity index (χ3v) is 3.06. The molecule has 0 saturated heterocycles. The van der Waals surface area contributed by atoms with Gasteiger partial charge in [0.1, 0.15) is 5.75 Å². The van der Waals surface area contributed by atoms with Crippen LogP contribution in [0.5, 0.6) is 11.6 Å². The number of nitrogens with two attached hydrogens (primary N) is 1. The molecule has 0 fully saturated rings. The molecule has 0 aliphatic rings. The van der Waals surface area contributed by atoms with E-state index >= 15 is 0 Å². The monoisotopic (exact) mass is 271 g/mol. The van der Waals surface area contributed by atoms with Crippen LogP contribution in [0.2, 0.25) is 0 Å². The van der Waals surface area contributed by atoms with E-state index in [0.717, 1.165) is 5.56 Å². The quantitative estimate of drug-likeness (QED) is 0.874. The molecule has 1 atom stereocenters. The van der Waals surface area contributed by atoms with Crippen molar-refractivity contribution in [1.29, 1.82) is 0 Å². The lowest BCUT2D eigenvalue weighted by Crippen LogP contribution is -2.15. The topological polar surface area (TPSA) is 77.2 Å². The van der Waals surface area contributed by atoms with Crippen molar-refractivity contribution in [3.63, 3.8) is 0 Å². The summed E-state index contributed by atoms with van der Waals surface area (Å²) in [5.74, 6) is 0.339. The number of amides is 1. The minimum Gasteiger partial charge on any atom is -0.438 e. The summed E-state index contributed by atoms with van der Waals surface area (Å²) >= 11 is 0. The van der Waals surface area contributed by atoms with E-state index in [-0.39, 0.29) is 6.04 Å². The lowest BCUT2D eigenvalue weighted by molar-refractivity contribution is 0.0998. The first kappa shape index (κ1) is 14.0. The molecule has 2 aromatic rings. The van der Waals surface area contributed by atoms with Gasteiger partial charge in [-0.2, -0.15) is 0 Å². The number of nitrogens with one attached hydrogen (secondary N) is 1. The second-order valence-electron chi connectivity index (χ2n) is 4.37. The fourth-order valence-corrected chi connectivity index (χ4v) is 1.84. The van der Waals surface area contributed by atoms with Gasteiger partial charge in [-0.1, -0.05) is 18.2 Å². The average Bonchev–Trinajstić information content (AvgIpc) is 2.47. The Labute approximate surface area is 117 Å². The highest BCUT2D eigenvalue weighted by Gasteiger charge is 2.14. The zero-order chi connectivity index (χ0) is 14.5. The first-order valence-corrected chi connectivity index (χ1v) is 6.32. The van der Waals surface area contributed by atoms with Crippen LogP contribution in [0.3, 0.4) is 0 Å². The highest BCUT2D eigenvalue weighted by atomic mass is 16.5. The fraction of sp³-hybridized carbons (Fsp3) is 0.200. The van der Waals surface area contributed by atoms with Crippen LogP contribution in [-0.2, 0) is 0 Å². The molecule has 2 rings (SSSR count). The van der Waals surface area contributed by atoms with E-state index < -0.39 is 5.91 Å². The normalized spacial score (nSPS) is 11.9. The summed E-state index contributed by atoms with van der Waals surface area (Å²) in [6.45, 7) is 2.00. The zero-order valence-corrected chi connectivity index (χ0v) is 11.5. The van der Waals surface area contributed by atoms with Crippen molar-refractivity contribution in [1.82, 2.24) is 10.3 Å². The summed E-state index contributed by atoms with van der Waals surface area (Å²) in [5, 5.41) is 3.13. The number of benzene rings is 1. The largest absolute Gasteiger partial charge is 0.438 e. The SMILES string of the molecule is CNC(C)c1cccnc1Oc1ccccc1C(N)=O. The highest BCUT2D eigenvalue weighted by Crippen LogP contribution is 2.29. The molecule has 5 nitrogen and oxygen atoms in total. The Morgan fingerprint density at radius 1 is 1.30 bits per heavy atom. The van der Waals surface area contributed by atoms with Crippen LogP contribution in [0.1, 0.15) is 28.9 Å². The van der Waals surface area contributed by atoms with Crippen LogP contribution >= 0.6 is 0 Å². The molecule has 1 aromatic heterocycles. The van der Waals surface area contributed by atoms with Crippen molar-refractivity contribution in [2.24, 2.45) is 5.73 Å². The number of carbonyl (C=O) groups is 1. The van der Waals surface area contributed by atoms with Crippen LogP contribution in [-0.4, -0.2) is 17.9 Å². The fourth-order valence-electron chi connectivity index (χ4n) is 1.84. The molecular formula is C15H17N3O2. The van der Waals surface area contributed by atoms with E-state index in [2.05, 4.69) is 10.3 Å². The summed E-state index contributed by atoms with van der Waals surface area (Å²) in [4.78, 5) is 15.6. The van der Waals surface area contributed by atoms with E-state index in [1.54, 1.807) is 30.5 Å².